The van der Waals surface area contributed by atoms with Gasteiger partial charge in [-0.15, -0.1) is 0 Å². The molecular formula is C12H19N3O. The molecule has 0 amide bonds. The van der Waals surface area contributed by atoms with Gasteiger partial charge in [0.15, 0.2) is 0 Å². The Morgan fingerprint density at radius 2 is 2.38 bits per heavy atom. The molecule has 0 spiro atoms. The van der Waals surface area contributed by atoms with Crippen molar-refractivity contribution in [1.82, 2.24) is 15.1 Å². The van der Waals surface area contributed by atoms with Crippen molar-refractivity contribution >= 4 is 0 Å². The van der Waals surface area contributed by atoms with Gasteiger partial charge < -0.3 is 10.1 Å². The fourth-order valence-electron chi connectivity index (χ4n) is 2.80. The van der Waals surface area contributed by atoms with Gasteiger partial charge in [0.25, 0.3) is 0 Å². The van der Waals surface area contributed by atoms with Crippen LogP contribution < -0.4 is 5.32 Å². The Bertz CT molecular complexity index is 380. The van der Waals surface area contributed by atoms with E-state index in [1.165, 1.54) is 36.2 Å². The number of nitrogens with zero attached hydrogens (tertiary/aromatic N) is 2. The summed E-state index contributed by atoms with van der Waals surface area (Å²) >= 11 is 0. The van der Waals surface area contributed by atoms with Crippen molar-refractivity contribution in [3.8, 4) is 0 Å². The molecule has 4 nitrogen and oxygen atoms in total. The zero-order valence-corrected chi connectivity index (χ0v) is 9.83. The van der Waals surface area contributed by atoms with E-state index >= 15 is 0 Å². The monoisotopic (exact) mass is 221 g/mol. The summed E-state index contributed by atoms with van der Waals surface area (Å²) in [5, 5.41) is 8.26. The van der Waals surface area contributed by atoms with E-state index in [1.54, 1.807) is 0 Å². The van der Waals surface area contributed by atoms with Crippen molar-refractivity contribution in [2.24, 2.45) is 7.05 Å². The van der Waals surface area contributed by atoms with Crippen molar-refractivity contribution in [1.29, 1.82) is 0 Å². The Morgan fingerprint density at radius 1 is 1.44 bits per heavy atom. The van der Waals surface area contributed by atoms with Crippen LogP contribution in [0.25, 0.3) is 0 Å². The summed E-state index contributed by atoms with van der Waals surface area (Å²) in [7, 11) is 2.05. The average Bonchev–Trinajstić information content (AvgIpc) is 2.69. The van der Waals surface area contributed by atoms with Gasteiger partial charge in [0, 0.05) is 24.7 Å². The second-order valence-electron chi connectivity index (χ2n) is 4.74. The van der Waals surface area contributed by atoms with E-state index < -0.39 is 0 Å². The fraction of sp³-hybridized carbons (Fsp3) is 0.750. The third-order valence-corrected chi connectivity index (χ3v) is 3.68. The number of nitrogens with one attached hydrogen (secondary N) is 1. The first-order valence-electron chi connectivity index (χ1n) is 6.22. The first-order valence-corrected chi connectivity index (χ1v) is 6.22. The molecule has 3 rings (SSSR count). The van der Waals surface area contributed by atoms with E-state index in [4.69, 9.17) is 9.84 Å². The Hall–Kier alpha value is -0.870. The summed E-state index contributed by atoms with van der Waals surface area (Å²) < 4.78 is 7.60. The number of piperidine rings is 1. The zero-order chi connectivity index (χ0) is 11.0. The number of hydrogen-bond acceptors (Lipinski definition) is 3. The molecule has 1 atom stereocenters. The SMILES string of the molecule is Cn1nc([C@H]2CCCCN2)c2c1CCOC2. The molecule has 4 heteroatoms. The van der Waals surface area contributed by atoms with Gasteiger partial charge in [0.1, 0.15) is 0 Å². The van der Waals surface area contributed by atoms with Gasteiger partial charge in [-0.25, -0.2) is 0 Å². The van der Waals surface area contributed by atoms with Gasteiger partial charge in [0.2, 0.25) is 0 Å². The largest absolute Gasteiger partial charge is 0.376 e. The van der Waals surface area contributed by atoms with Crippen molar-refractivity contribution in [2.75, 3.05) is 13.2 Å². The lowest BCUT2D eigenvalue weighted by Gasteiger charge is -2.23. The molecule has 0 unspecified atom stereocenters. The number of rotatable bonds is 1. The van der Waals surface area contributed by atoms with Crippen LogP contribution in [0.4, 0.5) is 0 Å². The maximum absolute atomic E-state index is 5.56. The maximum atomic E-state index is 5.56. The molecule has 0 aromatic carbocycles. The summed E-state index contributed by atoms with van der Waals surface area (Å²) in [4.78, 5) is 0. The normalized spacial score (nSPS) is 25.4. The van der Waals surface area contributed by atoms with E-state index in [9.17, 15) is 0 Å². The minimum atomic E-state index is 0.449. The molecular weight excluding hydrogens is 202 g/mol. The zero-order valence-electron chi connectivity index (χ0n) is 9.83. The Kier molecular flexibility index (Phi) is 2.69. The smallest absolute Gasteiger partial charge is 0.0851 e. The quantitative estimate of drug-likeness (QED) is 0.777. The van der Waals surface area contributed by atoms with Crippen molar-refractivity contribution < 1.29 is 4.74 Å². The van der Waals surface area contributed by atoms with Crippen LogP contribution in [0.2, 0.25) is 0 Å². The predicted octanol–water partition coefficient (Wildman–Crippen LogP) is 1.31. The van der Waals surface area contributed by atoms with E-state index in [0.717, 1.165) is 26.2 Å². The molecule has 16 heavy (non-hydrogen) atoms. The third-order valence-electron chi connectivity index (χ3n) is 3.68. The summed E-state index contributed by atoms with van der Waals surface area (Å²) in [6, 6.07) is 0.449. The minimum absolute atomic E-state index is 0.449. The molecule has 1 fully saturated rings. The number of fused-ring (bicyclic) bond motifs is 1. The van der Waals surface area contributed by atoms with Gasteiger partial charge in [0.05, 0.1) is 24.9 Å². The molecule has 3 heterocycles. The number of aromatic nitrogens is 2. The highest BCUT2D eigenvalue weighted by Gasteiger charge is 2.26. The highest BCUT2D eigenvalue weighted by atomic mass is 16.5. The van der Waals surface area contributed by atoms with Crippen LogP contribution in [0.15, 0.2) is 0 Å². The Labute approximate surface area is 96.0 Å². The first kappa shape index (κ1) is 10.3. The molecule has 2 aliphatic rings. The lowest BCUT2D eigenvalue weighted by atomic mass is 9.97. The lowest BCUT2D eigenvalue weighted by molar-refractivity contribution is 0.108. The van der Waals surface area contributed by atoms with Crippen molar-refractivity contribution in [2.45, 2.75) is 38.3 Å². The standard InChI is InChI=1S/C12H19N3O/c1-15-11-5-7-16-8-9(11)12(14-15)10-4-2-3-6-13-10/h10,13H,2-8H2,1H3/t10-/m1/s1. The maximum Gasteiger partial charge on any atom is 0.0851 e. The van der Waals surface area contributed by atoms with Crippen LogP contribution in [-0.2, 0) is 24.8 Å². The average molecular weight is 221 g/mol. The van der Waals surface area contributed by atoms with Crippen LogP contribution in [0.1, 0.15) is 42.3 Å². The number of ether oxygens (including phenoxy) is 1. The van der Waals surface area contributed by atoms with E-state index in [2.05, 4.69) is 12.4 Å². The Balaban J connectivity index is 1.93. The second-order valence-corrected chi connectivity index (χ2v) is 4.74. The van der Waals surface area contributed by atoms with Gasteiger partial charge in [-0.2, -0.15) is 5.10 Å². The van der Waals surface area contributed by atoms with Crippen LogP contribution >= 0.6 is 0 Å². The molecule has 2 aliphatic heterocycles. The highest BCUT2D eigenvalue weighted by Crippen LogP contribution is 2.29. The molecule has 0 bridgehead atoms. The number of hydrogen-bond donors (Lipinski definition) is 1. The topological polar surface area (TPSA) is 39.1 Å². The van der Waals surface area contributed by atoms with Crippen molar-refractivity contribution in [3.63, 3.8) is 0 Å². The summed E-state index contributed by atoms with van der Waals surface area (Å²) in [5.41, 5.74) is 3.94. The Morgan fingerprint density at radius 3 is 3.19 bits per heavy atom. The third kappa shape index (κ3) is 1.66. The molecule has 1 saturated heterocycles. The van der Waals surface area contributed by atoms with Crippen molar-refractivity contribution in [3.05, 3.63) is 17.0 Å². The predicted molar refractivity (Wildman–Crippen MR) is 61.2 cm³/mol. The highest BCUT2D eigenvalue weighted by molar-refractivity contribution is 5.30. The second kappa shape index (κ2) is 4.18. The van der Waals surface area contributed by atoms with Crippen LogP contribution in [0, 0.1) is 0 Å². The van der Waals surface area contributed by atoms with Crippen LogP contribution in [-0.4, -0.2) is 22.9 Å². The molecule has 1 aromatic rings. The van der Waals surface area contributed by atoms with E-state index in [1.807, 2.05) is 4.68 Å². The summed E-state index contributed by atoms with van der Waals surface area (Å²) in [6.07, 6.45) is 4.82. The van der Waals surface area contributed by atoms with Crippen LogP contribution in [0.5, 0.6) is 0 Å². The van der Waals surface area contributed by atoms with E-state index in [0.29, 0.717) is 6.04 Å². The summed E-state index contributed by atoms with van der Waals surface area (Å²) in [6.45, 7) is 2.71. The molecule has 1 N–H and O–H groups in total. The summed E-state index contributed by atoms with van der Waals surface area (Å²) in [5.74, 6) is 0. The fourth-order valence-corrected chi connectivity index (χ4v) is 2.80. The number of aryl methyl sites for hydroxylation is 1. The minimum Gasteiger partial charge on any atom is -0.376 e. The van der Waals surface area contributed by atoms with Gasteiger partial charge >= 0.3 is 0 Å². The van der Waals surface area contributed by atoms with Gasteiger partial charge in [-0.3, -0.25) is 4.68 Å². The van der Waals surface area contributed by atoms with Crippen LogP contribution in [0.3, 0.4) is 0 Å². The molecule has 88 valence electrons. The molecule has 0 saturated carbocycles. The molecule has 0 radical (unpaired) electrons. The van der Waals surface area contributed by atoms with Gasteiger partial charge in [-0.1, -0.05) is 6.42 Å². The molecule has 1 aromatic heterocycles. The van der Waals surface area contributed by atoms with E-state index in [-0.39, 0.29) is 0 Å². The lowest BCUT2D eigenvalue weighted by Crippen LogP contribution is -2.28. The first-order chi connectivity index (χ1) is 7.86. The molecule has 0 aliphatic carbocycles. The van der Waals surface area contributed by atoms with Gasteiger partial charge in [-0.05, 0) is 19.4 Å².